The number of fused-ring (bicyclic) bond motifs is 5. The number of alkyl halides is 1. The molecule has 0 amide bonds. The highest BCUT2D eigenvalue weighted by molar-refractivity contribution is 6.02. The van der Waals surface area contributed by atoms with Crippen LogP contribution in [0.5, 0.6) is 0 Å². The summed E-state index contributed by atoms with van der Waals surface area (Å²) in [7, 11) is 0. The zero-order valence-electron chi connectivity index (χ0n) is 18.5. The zero-order chi connectivity index (χ0) is 24.6. The molecule has 0 aromatic rings. The normalized spacial score (nSPS) is 45.0. The van der Waals surface area contributed by atoms with Crippen LogP contribution in [0, 0.1) is 22.7 Å². The Morgan fingerprint density at radius 3 is 2.58 bits per heavy atom. The van der Waals surface area contributed by atoms with Gasteiger partial charge in [-0.2, -0.15) is 0 Å². The maximum Gasteiger partial charge on any atom is 0.308 e. The van der Waals surface area contributed by atoms with E-state index in [2.05, 4.69) is 0 Å². The molecule has 2 fully saturated rings. The van der Waals surface area contributed by atoms with Crippen LogP contribution in [0.1, 0.15) is 33.6 Å². The number of aliphatic hydroxyl groups is 3. The molecule has 178 valence electrons. The number of halogens is 2. The van der Waals surface area contributed by atoms with Crippen molar-refractivity contribution in [2.75, 3.05) is 6.61 Å². The molecule has 2 saturated carbocycles. The lowest BCUT2D eigenvalue weighted by Crippen LogP contribution is -2.68. The Morgan fingerprint density at radius 1 is 1.33 bits per heavy atom. The van der Waals surface area contributed by atoms with Gasteiger partial charge in [-0.1, -0.05) is 13.0 Å². The van der Waals surface area contributed by atoms with Gasteiger partial charge in [-0.15, -0.1) is 0 Å². The zero-order valence-corrected chi connectivity index (χ0v) is 18.5. The highest BCUT2D eigenvalue weighted by atomic mass is 19.1. The molecule has 33 heavy (non-hydrogen) atoms. The van der Waals surface area contributed by atoms with E-state index in [9.17, 15) is 34.1 Å². The number of aliphatic hydroxyl groups excluding tert-OH is 2. The van der Waals surface area contributed by atoms with Crippen molar-refractivity contribution in [2.24, 2.45) is 22.7 Å². The maximum absolute atomic E-state index is 17.2. The second-order valence-corrected chi connectivity index (χ2v) is 9.79. The molecule has 3 N–H and O–H groups in total. The molecule has 0 saturated heterocycles. The van der Waals surface area contributed by atoms with Crippen LogP contribution < -0.4 is 0 Å². The lowest BCUT2D eigenvalue weighted by Gasteiger charge is -2.61. The van der Waals surface area contributed by atoms with Gasteiger partial charge >= 0.3 is 5.97 Å². The Morgan fingerprint density at radius 2 is 2.00 bits per heavy atom. The minimum atomic E-state index is -2.45. The number of ether oxygens (including phenoxy) is 1. The molecule has 0 radical (unpaired) electrons. The molecule has 0 aliphatic heterocycles. The van der Waals surface area contributed by atoms with E-state index in [1.54, 1.807) is 0 Å². The largest absolute Gasteiger partial charge is 0.427 e. The second-order valence-electron chi connectivity index (χ2n) is 9.79. The van der Waals surface area contributed by atoms with Crippen LogP contribution in [0.15, 0.2) is 47.5 Å². The summed E-state index contributed by atoms with van der Waals surface area (Å²) in [4.78, 5) is 36.5. The van der Waals surface area contributed by atoms with Crippen molar-refractivity contribution in [3.05, 3.63) is 47.5 Å². The van der Waals surface area contributed by atoms with Gasteiger partial charge in [-0.3, -0.25) is 14.4 Å². The summed E-state index contributed by atoms with van der Waals surface area (Å²) < 4.78 is 36.4. The number of rotatable bonds is 3. The molecule has 4 aliphatic carbocycles. The van der Waals surface area contributed by atoms with Gasteiger partial charge in [0.2, 0.25) is 0 Å². The molecule has 9 heteroatoms. The molecule has 7 atom stereocenters. The van der Waals surface area contributed by atoms with E-state index >= 15 is 4.39 Å². The Hall–Kier alpha value is -2.49. The number of hydrogen-bond donors (Lipinski definition) is 3. The van der Waals surface area contributed by atoms with Crippen LogP contribution >= 0.6 is 0 Å². The molecule has 7 nitrogen and oxygen atoms in total. The number of Topliss-reactive ketones (excluding diaryl/α,β-unsaturated/α-hetero) is 1. The topological polar surface area (TPSA) is 121 Å². The molecule has 0 aromatic carbocycles. The van der Waals surface area contributed by atoms with Crippen molar-refractivity contribution in [3.8, 4) is 0 Å². The van der Waals surface area contributed by atoms with Crippen LogP contribution in [-0.4, -0.2) is 56.8 Å². The van der Waals surface area contributed by atoms with Gasteiger partial charge in [0.25, 0.3) is 0 Å². The average Bonchev–Trinajstić information content (AvgIpc) is 2.98. The highest BCUT2D eigenvalue weighted by Gasteiger charge is 2.75. The average molecular weight is 464 g/mol. The summed E-state index contributed by atoms with van der Waals surface area (Å²) in [5, 5.41) is 32.1. The van der Waals surface area contributed by atoms with Gasteiger partial charge in [0.1, 0.15) is 12.4 Å². The van der Waals surface area contributed by atoms with Crippen LogP contribution in [0.25, 0.3) is 0 Å². The summed E-state index contributed by atoms with van der Waals surface area (Å²) in [5.41, 5.74) is -8.23. The van der Waals surface area contributed by atoms with Crippen molar-refractivity contribution < 1.29 is 43.2 Å². The number of carbonyl (C=O) groups excluding carboxylic acids is 3. The Bertz CT molecular complexity index is 1070. The molecule has 0 bridgehead atoms. The first-order valence-corrected chi connectivity index (χ1v) is 10.7. The van der Waals surface area contributed by atoms with E-state index in [0.29, 0.717) is 0 Å². The van der Waals surface area contributed by atoms with Crippen LogP contribution in [-0.2, 0) is 19.1 Å². The Balaban J connectivity index is 1.98. The predicted octanol–water partition coefficient (Wildman–Crippen LogP) is 1.78. The summed E-state index contributed by atoms with van der Waals surface area (Å²) in [5.74, 6) is -4.39. The van der Waals surface area contributed by atoms with Crippen LogP contribution in [0.3, 0.4) is 0 Å². The number of ketones is 2. The summed E-state index contributed by atoms with van der Waals surface area (Å²) >= 11 is 0. The second kappa shape index (κ2) is 7.25. The van der Waals surface area contributed by atoms with Crippen LogP contribution in [0.2, 0.25) is 0 Å². The molecular formula is C24H26F2O7. The standard InChI is InChI=1S/C24H26F2O7/c1-12(28)33-18-8-16-15-6-13(10-25)24(32,20(31)11-27)22(15,3)9-19(30)23(16,26)21(2)5-4-14(29)7-17(18)21/h4-5,7-8,10,15-16,19,27,30,32H,6,9,11H2,1-3H3/t15-,16-,19?,21-,22-,23-,24-/m0/s1. The molecule has 0 spiro atoms. The third-order valence-electron chi connectivity index (χ3n) is 8.32. The number of carbonyl (C=O) groups is 3. The molecule has 0 heterocycles. The predicted molar refractivity (Wildman–Crippen MR) is 111 cm³/mol. The van der Waals surface area contributed by atoms with E-state index in [1.165, 1.54) is 32.1 Å². The fourth-order valence-electron chi connectivity index (χ4n) is 6.63. The first kappa shape index (κ1) is 23.7. The molecule has 1 unspecified atom stereocenters. The van der Waals surface area contributed by atoms with E-state index < -0.39 is 70.6 Å². The van der Waals surface area contributed by atoms with E-state index in [1.807, 2.05) is 0 Å². The smallest absolute Gasteiger partial charge is 0.308 e. The minimum Gasteiger partial charge on any atom is -0.427 e. The first-order valence-electron chi connectivity index (χ1n) is 10.7. The van der Waals surface area contributed by atoms with Crippen LogP contribution in [0.4, 0.5) is 8.78 Å². The Labute approximate surface area is 189 Å². The van der Waals surface area contributed by atoms with Gasteiger partial charge in [0.05, 0.1) is 17.8 Å². The third kappa shape index (κ3) is 2.73. The Kier molecular flexibility index (Phi) is 5.20. The van der Waals surface area contributed by atoms with Crippen molar-refractivity contribution in [1.82, 2.24) is 0 Å². The molecular weight excluding hydrogens is 438 g/mol. The minimum absolute atomic E-state index is 0.0628. The van der Waals surface area contributed by atoms with Gasteiger partial charge < -0.3 is 20.1 Å². The fourth-order valence-corrected chi connectivity index (χ4v) is 6.63. The van der Waals surface area contributed by atoms with Crippen molar-refractivity contribution >= 4 is 17.5 Å². The quantitative estimate of drug-likeness (QED) is 0.545. The highest BCUT2D eigenvalue weighted by Crippen LogP contribution is 2.70. The monoisotopic (exact) mass is 464 g/mol. The summed E-state index contributed by atoms with van der Waals surface area (Å²) in [6.45, 7) is 3.01. The van der Waals surface area contributed by atoms with Gasteiger partial charge in [0, 0.05) is 23.8 Å². The lowest BCUT2D eigenvalue weighted by atomic mass is 9.46. The molecule has 4 rings (SSSR count). The molecule has 0 aromatic heterocycles. The summed E-state index contributed by atoms with van der Waals surface area (Å²) in [6.07, 6.45) is 2.65. The maximum atomic E-state index is 17.2. The molecule has 4 aliphatic rings. The number of esters is 1. The SMILES string of the molecule is CC(=O)OC1=C[C@H]2[C@@H]3CC(=CF)[C@](O)(C(=O)CO)[C@@]3(C)CC(O)[C@]2(F)[C@@]2(C)C=CC(=O)C=C12. The van der Waals surface area contributed by atoms with E-state index in [4.69, 9.17) is 4.74 Å². The van der Waals surface area contributed by atoms with E-state index in [-0.39, 0.29) is 29.7 Å². The van der Waals surface area contributed by atoms with Crippen molar-refractivity contribution in [2.45, 2.75) is 51.0 Å². The van der Waals surface area contributed by atoms with Gasteiger partial charge in [-0.25, -0.2) is 8.78 Å². The van der Waals surface area contributed by atoms with Crippen molar-refractivity contribution in [3.63, 3.8) is 0 Å². The number of allylic oxidation sites excluding steroid dienone is 5. The summed E-state index contributed by atoms with van der Waals surface area (Å²) in [6, 6.07) is 0. The lowest BCUT2D eigenvalue weighted by molar-refractivity contribution is -0.201. The fraction of sp³-hybridized carbons (Fsp3) is 0.542. The van der Waals surface area contributed by atoms with Crippen molar-refractivity contribution in [1.29, 1.82) is 0 Å². The van der Waals surface area contributed by atoms with Gasteiger partial charge in [-0.05, 0) is 49.5 Å². The third-order valence-corrected chi connectivity index (χ3v) is 8.32. The van der Waals surface area contributed by atoms with E-state index in [0.717, 1.165) is 13.0 Å². The number of hydrogen-bond acceptors (Lipinski definition) is 7. The first-order chi connectivity index (χ1) is 15.3. The van der Waals surface area contributed by atoms with Gasteiger partial charge in [0.15, 0.2) is 22.8 Å².